The minimum absolute atomic E-state index is 0.0820. The van der Waals surface area contributed by atoms with Gasteiger partial charge in [-0.25, -0.2) is 0 Å². The van der Waals surface area contributed by atoms with Gasteiger partial charge in [0.15, 0.2) is 0 Å². The van der Waals surface area contributed by atoms with Gasteiger partial charge in [-0.1, -0.05) is 0 Å². The Morgan fingerprint density at radius 2 is 1.69 bits per heavy atom. The molecule has 32 heavy (non-hydrogen) atoms. The van der Waals surface area contributed by atoms with Gasteiger partial charge in [-0.3, -0.25) is 34.2 Å². The summed E-state index contributed by atoms with van der Waals surface area (Å²) in [5.41, 5.74) is 1.20. The molecule has 5 amide bonds. The number of piperidine rings is 1. The molecule has 1 aromatic rings. The maximum Gasteiger partial charge on any atom is 0.262 e. The maximum absolute atomic E-state index is 13.1. The van der Waals surface area contributed by atoms with Crippen LogP contribution in [-0.2, 0) is 14.4 Å². The Balaban J connectivity index is 1.39. The number of piperazine rings is 1. The van der Waals surface area contributed by atoms with E-state index in [-0.39, 0.29) is 35.9 Å². The molecule has 0 aliphatic carbocycles. The van der Waals surface area contributed by atoms with Crippen molar-refractivity contribution in [3.63, 3.8) is 0 Å². The van der Waals surface area contributed by atoms with Crippen LogP contribution in [0.3, 0.4) is 0 Å². The van der Waals surface area contributed by atoms with E-state index in [1.54, 1.807) is 18.2 Å². The lowest BCUT2D eigenvalue weighted by Gasteiger charge is -2.34. The number of amides is 5. The second-order valence-electron chi connectivity index (χ2n) is 8.60. The number of hydrogen-bond acceptors (Lipinski definition) is 7. The summed E-state index contributed by atoms with van der Waals surface area (Å²) < 4.78 is 0. The lowest BCUT2D eigenvalue weighted by Crippen LogP contribution is -2.54. The van der Waals surface area contributed by atoms with Crippen LogP contribution in [0.15, 0.2) is 18.2 Å². The third kappa shape index (κ3) is 3.35. The molecule has 5 rings (SSSR count). The molecule has 3 fully saturated rings. The molecule has 10 nitrogen and oxygen atoms in total. The first-order valence-corrected chi connectivity index (χ1v) is 11.1. The quantitative estimate of drug-likeness (QED) is 0.609. The molecule has 1 aromatic carbocycles. The van der Waals surface area contributed by atoms with Crippen molar-refractivity contribution in [1.82, 2.24) is 20.4 Å². The molecule has 2 atom stereocenters. The smallest absolute Gasteiger partial charge is 0.262 e. The van der Waals surface area contributed by atoms with Crippen LogP contribution in [0.1, 0.15) is 46.4 Å². The highest BCUT2D eigenvalue weighted by Gasteiger charge is 2.45. The minimum Gasteiger partial charge on any atom is -0.359 e. The summed E-state index contributed by atoms with van der Waals surface area (Å²) in [5, 5.41) is 5.45. The molecule has 4 aliphatic heterocycles. The Morgan fingerprint density at radius 1 is 0.938 bits per heavy atom. The predicted octanol–water partition coefficient (Wildman–Crippen LogP) is -0.512. The first-order valence-electron chi connectivity index (χ1n) is 11.1. The maximum atomic E-state index is 13.1. The minimum atomic E-state index is -0.989. The van der Waals surface area contributed by atoms with Gasteiger partial charge in [0.05, 0.1) is 11.1 Å². The number of hydrogen-bond donors (Lipinski definition) is 2. The lowest BCUT2D eigenvalue weighted by atomic mass is 10.0. The van der Waals surface area contributed by atoms with Gasteiger partial charge in [0.25, 0.3) is 11.8 Å². The number of imide groups is 2. The average molecular weight is 439 g/mol. The van der Waals surface area contributed by atoms with E-state index in [1.807, 2.05) is 9.80 Å². The first kappa shape index (κ1) is 20.6. The normalized spacial score (nSPS) is 25.9. The van der Waals surface area contributed by atoms with Gasteiger partial charge < -0.3 is 15.1 Å². The summed E-state index contributed by atoms with van der Waals surface area (Å²) in [4.78, 5) is 67.7. The van der Waals surface area contributed by atoms with E-state index in [9.17, 15) is 24.0 Å². The first-order chi connectivity index (χ1) is 15.5. The number of carbonyl (C=O) groups is 5. The van der Waals surface area contributed by atoms with Crippen LogP contribution >= 0.6 is 0 Å². The van der Waals surface area contributed by atoms with Gasteiger partial charge in [-0.2, -0.15) is 0 Å². The van der Waals surface area contributed by atoms with Crippen LogP contribution < -0.4 is 15.5 Å². The van der Waals surface area contributed by atoms with Crippen LogP contribution in [0.2, 0.25) is 0 Å². The second kappa shape index (κ2) is 8.01. The number of benzene rings is 1. The van der Waals surface area contributed by atoms with Gasteiger partial charge in [0.2, 0.25) is 17.7 Å². The molecule has 2 N–H and O–H groups in total. The molecule has 4 aliphatic rings. The fraction of sp³-hybridized carbons (Fsp3) is 0.500. The van der Waals surface area contributed by atoms with E-state index >= 15 is 0 Å². The Kier molecular flexibility index (Phi) is 5.16. The van der Waals surface area contributed by atoms with Crippen molar-refractivity contribution in [2.24, 2.45) is 0 Å². The molecule has 0 aromatic heterocycles. The number of carbonyl (C=O) groups excluding carboxylic acids is 5. The third-order valence-corrected chi connectivity index (χ3v) is 6.72. The van der Waals surface area contributed by atoms with Crippen LogP contribution in [0.4, 0.5) is 5.69 Å². The molecule has 168 valence electrons. The van der Waals surface area contributed by atoms with E-state index in [4.69, 9.17) is 0 Å². The molecular weight excluding hydrogens is 414 g/mol. The summed E-state index contributed by atoms with van der Waals surface area (Å²) in [7, 11) is 0. The molecule has 0 bridgehead atoms. The molecule has 0 radical (unpaired) electrons. The zero-order chi connectivity index (χ0) is 22.4. The van der Waals surface area contributed by atoms with Crippen LogP contribution in [0.25, 0.3) is 0 Å². The zero-order valence-corrected chi connectivity index (χ0v) is 17.6. The van der Waals surface area contributed by atoms with E-state index in [0.29, 0.717) is 19.6 Å². The summed E-state index contributed by atoms with van der Waals surface area (Å²) in [6, 6.07) is 3.75. The predicted molar refractivity (Wildman–Crippen MR) is 113 cm³/mol. The number of nitrogens with zero attached hydrogens (tertiary/aromatic N) is 3. The van der Waals surface area contributed by atoms with Crippen molar-refractivity contribution in [3.8, 4) is 0 Å². The number of anilines is 1. The highest BCUT2D eigenvalue weighted by atomic mass is 16.2. The van der Waals surface area contributed by atoms with Crippen molar-refractivity contribution >= 4 is 35.2 Å². The molecule has 3 saturated heterocycles. The summed E-state index contributed by atoms with van der Waals surface area (Å²) in [6.45, 7) is 3.62. The van der Waals surface area contributed by atoms with E-state index in [1.165, 1.54) is 0 Å². The van der Waals surface area contributed by atoms with Crippen molar-refractivity contribution < 1.29 is 24.0 Å². The van der Waals surface area contributed by atoms with Crippen molar-refractivity contribution in [2.75, 3.05) is 37.6 Å². The fourth-order valence-corrected chi connectivity index (χ4v) is 5.07. The second-order valence-corrected chi connectivity index (χ2v) is 8.60. The highest BCUT2D eigenvalue weighted by molar-refractivity contribution is 6.23. The van der Waals surface area contributed by atoms with Crippen LogP contribution in [-0.4, -0.2) is 84.1 Å². The van der Waals surface area contributed by atoms with Crippen LogP contribution in [0, 0.1) is 0 Å². The standard InChI is InChI=1S/C22H25N5O5/c28-18-6-5-16(19(29)24-18)27-20(30)14-4-3-13(12-15(14)21(27)31)26-9-1-2-17(26)22(32)25-10-7-23-8-11-25/h3-4,12,16-17,23H,1-2,5-11H2,(H,24,28,29)/t16?,17-/m0/s1. The molecule has 4 heterocycles. The highest BCUT2D eigenvalue weighted by Crippen LogP contribution is 2.33. The molecule has 0 saturated carbocycles. The number of rotatable bonds is 3. The third-order valence-electron chi connectivity index (χ3n) is 6.72. The Hall–Kier alpha value is -3.27. The van der Waals surface area contributed by atoms with Crippen molar-refractivity contribution in [2.45, 2.75) is 37.8 Å². The van der Waals surface area contributed by atoms with Gasteiger partial charge in [-0.05, 0) is 37.5 Å². The Labute approximate surface area is 184 Å². The average Bonchev–Trinajstić information content (AvgIpc) is 3.38. The van der Waals surface area contributed by atoms with Crippen molar-refractivity contribution in [3.05, 3.63) is 29.3 Å². The van der Waals surface area contributed by atoms with Crippen molar-refractivity contribution in [1.29, 1.82) is 0 Å². The summed E-state index contributed by atoms with van der Waals surface area (Å²) >= 11 is 0. The topological polar surface area (TPSA) is 119 Å². The summed E-state index contributed by atoms with van der Waals surface area (Å²) in [5.74, 6) is -2.00. The zero-order valence-electron chi connectivity index (χ0n) is 17.6. The molecule has 1 unspecified atom stereocenters. The molecule has 0 spiro atoms. The molecular formula is C22H25N5O5. The van der Waals surface area contributed by atoms with Gasteiger partial charge in [0, 0.05) is 44.8 Å². The van der Waals surface area contributed by atoms with E-state index < -0.39 is 29.7 Å². The monoisotopic (exact) mass is 439 g/mol. The van der Waals surface area contributed by atoms with E-state index in [2.05, 4.69) is 10.6 Å². The van der Waals surface area contributed by atoms with Gasteiger partial charge in [-0.15, -0.1) is 0 Å². The van der Waals surface area contributed by atoms with Crippen LogP contribution in [0.5, 0.6) is 0 Å². The summed E-state index contributed by atoms with van der Waals surface area (Å²) in [6.07, 6.45) is 1.82. The Morgan fingerprint density at radius 3 is 2.44 bits per heavy atom. The lowest BCUT2D eigenvalue weighted by molar-refractivity contribution is -0.136. The van der Waals surface area contributed by atoms with E-state index in [0.717, 1.165) is 36.5 Å². The molecule has 10 heteroatoms. The number of fused-ring (bicyclic) bond motifs is 1. The van der Waals surface area contributed by atoms with Gasteiger partial charge in [0.1, 0.15) is 12.1 Å². The largest absolute Gasteiger partial charge is 0.359 e. The number of nitrogens with one attached hydrogen (secondary N) is 2. The SMILES string of the molecule is O=C1CCC(N2C(=O)c3ccc(N4CCC[C@H]4C(=O)N4CCNCC4)cc3C2=O)C(=O)N1. The fourth-order valence-electron chi connectivity index (χ4n) is 5.07. The Bertz CT molecular complexity index is 1020. The van der Waals surface area contributed by atoms with Gasteiger partial charge >= 0.3 is 0 Å².